The first-order valence-electron chi connectivity index (χ1n) is 6.92. The molecule has 6 heteroatoms. The van der Waals surface area contributed by atoms with Crippen molar-refractivity contribution in [3.63, 3.8) is 0 Å². The summed E-state index contributed by atoms with van der Waals surface area (Å²) in [6.07, 6.45) is 1.77. The lowest BCUT2D eigenvalue weighted by atomic mass is 10.0. The maximum Gasteiger partial charge on any atom is 0.212 e. The number of rotatable bonds is 5. The van der Waals surface area contributed by atoms with Gasteiger partial charge in [0.05, 0.1) is 5.75 Å². The molecular formula is C14H21FN2O2S. The molecule has 1 heterocycles. The molecule has 1 aromatic rings. The van der Waals surface area contributed by atoms with Gasteiger partial charge in [0.15, 0.2) is 0 Å². The molecule has 0 spiro atoms. The smallest absolute Gasteiger partial charge is 0.212 e. The average molecular weight is 300 g/mol. The van der Waals surface area contributed by atoms with Gasteiger partial charge in [-0.05, 0) is 56.5 Å². The van der Waals surface area contributed by atoms with Crippen molar-refractivity contribution in [2.75, 3.05) is 18.8 Å². The summed E-state index contributed by atoms with van der Waals surface area (Å²) in [6.45, 7) is 3.48. The molecule has 0 saturated carbocycles. The summed E-state index contributed by atoms with van der Waals surface area (Å²) >= 11 is 0. The molecule has 0 radical (unpaired) electrons. The van der Waals surface area contributed by atoms with Crippen LogP contribution in [-0.4, -0.2) is 27.3 Å². The Morgan fingerprint density at radius 3 is 2.75 bits per heavy atom. The predicted molar refractivity (Wildman–Crippen MR) is 77.3 cm³/mol. The predicted octanol–water partition coefficient (Wildman–Crippen LogP) is 1.81. The largest absolute Gasteiger partial charge is 0.317 e. The number of sulfonamides is 1. The minimum atomic E-state index is -3.34. The number of benzene rings is 1. The van der Waals surface area contributed by atoms with Gasteiger partial charge in [-0.2, -0.15) is 0 Å². The van der Waals surface area contributed by atoms with E-state index >= 15 is 0 Å². The van der Waals surface area contributed by atoms with Crippen LogP contribution >= 0.6 is 0 Å². The molecule has 0 aromatic heterocycles. The first-order valence-corrected chi connectivity index (χ1v) is 8.58. The first-order chi connectivity index (χ1) is 9.46. The zero-order valence-corrected chi connectivity index (χ0v) is 12.4. The fourth-order valence-electron chi connectivity index (χ4n) is 2.52. The van der Waals surface area contributed by atoms with Crippen LogP contribution in [0.15, 0.2) is 24.3 Å². The molecule has 1 aliphatic heterocycles. The second kappa shape index (κ2) is 6.65. The molecule has 0 amide bonds. The SMILES string of the molecule is CC(NS(=O)(=O)CC1CCNCC1)c1cccc(F)c1. The highest BCUT2D eigenvalue weighted by Crippen LogP contribution is 2.18. The van der Waals surface area contributed by atoms with E-state index in [0.717, 1.165) is 25.9 Å². The minimum absolute atomic E-state index is 0.147. The van der Waals surface area contributed by atoms with E-state index in [1.54, 1.807) is 19.1 Å². The van der Waals surface area contributed by atoms with Gasteiger partial charge in [-0.3, -0.25) is 0 Å². The number of halogens is 1. The summed E-state index contributed by atoms with van der Waals surface area (Å²) in [4.78, 5) is 0. The van der Waals surface area contributed by atoms with Crippen LogP contribution in [0.25, 0.3) is 0 Å². The van der Waals surface area contributed by atoms with Gasteiger partial charge in [0.1, 0.15) is 5.82 Å². The van der Waals surface area contributed by atoms with Crippen LogP contribution in [0.2, 0.25) is 0 Å². The second-order valence-electron chi connectivity index (χ2n) is 5.37. The van der Waals surface area contributed by atoms with E-state index in [9.17, 15) is 12.8 Å². The monoisotopic (exact) mass is 300 g/mol. The van der Waals surface area contributed by atoms with E-state index in [2.05, 4.69) is 10.0 Å². The van der Waals surface area contributed by atoms with Crippen LogP contribution in [0.3, 0.4) is 0 Å². The van der Waals surface area contributed by atoms with Gasteiger partial charge in [0.25, 0.3) is 0 Å². The third-order valence-corrected chi connectivity index (χ3v) is 5.24. The Kier molecular flexibility index (Phi) is 5.12. The minimum Gasteiger partial charge on any atom is -0.317 e. The molecule has 4 nitrogen and oxygen atoms in total. The third-order valence-electron chi connectivity index (χ3n) is 3.62. The lowest BCUT2D eigenvalue weighted by molar-refractivity contribution is 0.399. The van der Waals surface area contributed by atoms with E-state index < -0.39 is 16.1 Å². The van der Waals surface area contributed by atoms with Gasteiger partial charge in [-0.1, -0.05) is 12.1 Å². The molecule has 1 atom stereocenters. The standard InChI is InChI=1S/C14H21FN2O2S/c1-11(13-3-2-4-14(15)9-13)17-20(18,19)10-12-5-7-16-8-6-12/h2-4,9,11-12,16-17H,5-8,10H2,1H3. The number of hydrogen-bond acceptors (Lipinski definition) is 3. The zero-order chi connectivity index (χ0) is 14.6. The third kappa shape index (κ3) is 4.54. The molecule has 1 fully saturated rings. The van der Waals surface area contributed by atoms with Gasteiger partial charge in [0, 0.05) is 6.04 Å². The van der Waals surface area contributed by atoms with Crippen LogP contribution < -0.4 is 10.0 Å². The maximum atomic E-state index is 13.1. The highest BCUT2D eigenvalue weighted by atomic mass is 32.2. The Hall–Kier alpha value is -0.980. The van der Waals surface area contributed by atoms with E-state index in [4.69, 9.17) is 0 Å². The molecule has 0 aliphatic carbocycles. The average Bonchev–Trinajstić information content (AvgIpc) is 2.38. The molecule has 1 aromatic carbocycles. The van der Waals surface area contributed by atoms with Gasteiger partial charge in [-0.15, -0.1) is 0 Å². The van der Waals surface area contributed by atoms with Crippen LogP contribution in [0, 0.1) is 11.7 Å². The van der Waals surface area contributed by atoms with Crippen molar-refractivity contribution < 1.29 is 12.8 Å². The van der Waals surface area contributed by atoms with E-state index in [1.165, 1.54) is 12.1 Å². The molecule has 1 aliphatic rings. The van der Waals surface area contributed by atoms with Crippen molar-refractivity contribution in [3.05, 3.63) is 35.6 Å². The van der Waals surface area contributed by atoms with Crippen molar-refractivity contribution >= 4 is 10.0 Å². The molecule has 1 unspecified atom stereocenters. The number of hydrogen-bond donors (Lipinski definition) is 2. The van der Waals surface area contributed by atoms with Crippen molar-refractivity contribution in [2.45, 2.75) is 25.8 Å². The van der Waals surface area contributed by atoms with E-state index in [1.807, 2.05) is 0 Å². The van der Waals surface area contributed by atoms with Crippen molar-refractivity contribution in [3.8, 4) is 0 Å². The van der Waals surface area contributed by atoms with Crippen LogP contribution in [0.1, 0.15) is 31.4 Å². The lowest BCUT2D eigenvalue weighted by Gasteiger charge is -2.23. The van der Waals surface area contributed by atoms with E-state index in [0.29, 0.717) is 5.56 Å². The number of nitrogens with one attached hydrogen (secondary N) is 2. The topological polar surface area (TPSA) is 58.2 Å². The Bertz CT molecular complexity index is 542. The molecule has 0 bridgehead atoms. The second-order valence-corrected chi connectivity index (χ2v) is 7.17. The van der Waals surface area contributed by atoms with E-state index in [-0.39, 0.29) is 17.5 Å². The first kappa shape index (κ1) is 15.4. The van der Waals surface area contributed by atoms with Gasteiger partial charge >= 0.3 is 0 Å². The normalized spacial score (nSPS) is 18.9. The van der Waals surface area contributed by atoms with Gasteiger partial charge < -0.3 is 5.32 Å². The Morgan fingerprint density at radius 2 is 2.10 bits per heavy atom. The molecular weight excluding hydrogens is 279 g/mol. The highest BCUT2D eigenvalue weighted by molar-refractivity contribution is 7.89. The number of piperidine rings is 1. The molecule has 2 N–H and O–H groups in total. The summed E-state index contributed by atoms with van der Waals surface area (Å²) in [6, 6.07) is 5.60. The fourth-order valence-corrected chi connectivity index (χ4v) is 4.25. The summed E-state index contributed by atoms with van der Waals surface area (Å²) < 4.78 is 40.1. The maximum absolute atomic E-state index is 13.1. The molecule has 2 rings (SSSR count). The summed E-state index contributed by atoms with van der Waals surface area (Å²) in [5.74, 6) is -0.00528. The summed E-state index contributed by atoms with van der Waals surface area (Å²) in [5, 5.41) is 3.22. The van der Waals surface area contributed by atoms with Crippen LogP contribution in [0.5, 0.6) is 0 Å². The van der Waals surface area contributed by atoms with Crippen molar-refractivity contribution in [2.24, 2.45) is 5.92 Å². The Labute approximate surface area is 119 Å². The Balaban J connectivity index is 1.96. The van der Waals surface area contributed by atoms with Crippen molar-refractivity contribution in [1.82, 2.24) is 10.0 Å². The lowest BCUT2D eigenvalue weighted by Crippen LogP contribution is -2.36. The Morgan fingerprint density at radius 1 is 1.40 bits per heavy atom. The molecule has 1 saturated heterocycles. The summed E-state index contributed by atoms with van der Waals surface area (Å²) in [5.41, 5.74) is 0.638. The van der Waals surface area contributed by atoms with Crippen molar-refractivity contribution in [1.29, 1.82) is 0 Å². The van der Waals surface area contributed by atoms with Gasteiger partial charge in [-0.25, -0.2) is 17.5 Å². The highest BCUT2D eigenvalue weighted by Gasteiger charge is 2.23. The quantitative estimate of drug-likeness (QED) is 0.872. The van der Waals surface area contributed by atoms with Crippen LogP contribution in [-0.2, 0) is 10.0 Å². The zero-order valence-electron chi connectivity index (χ0n) is 11.6. The molecule has 112 valence electrons. The fraction of sp³-hybridized carbons (Fsp3) is 0.571. The van der Waals surface area contributed by atoms with Gasteiger partial charge in [0.2, 0.25) is 10.0 Å². The van der Waals surface area contributed by atoms with Crippen LogP contribution in [0.4, 0.5) is 4.39 Å². The molecule has 20 heavy (non-hydrogen) atoms. The summed E-state index contributed by atoms with van der Waals surface area (Å²) in [7, 11) is -3.34.